The number of unbranched alkanes of at least 4 members (excludes halogenated alkanes) is 4. The molecule has 0 spiro atoms. The van der Waals surface area contributed by atoms with Gasteiger partial charge in [-0.2, -0.15) is 12.6 Å². The fraction of sp³-hybridized carbons (Fsp3) is 0.800. The van der Waals surface area contributed by atoms with Gasteiger partial charge in [-0.05, 0) is 25.7 Å². The maximum absolute atomic E-state index is 11.6. The molecule has 0 aromatic heterocycles. The molecule has 0 aliphatic heterocycles. The maximum atomic E-state index is 11.6. The molecule has 23 heavy (non-hydrogen) atoms. The molecule has 0 aliphatic carbocycles. The van der Waals surface area contributed by atoms with Crippen LogP contribution in [0.5, 0.6) is 0 Å². The van der Waals surface area contributed by atoms with Crippen molar-refractivity contribution in [3.05, 3.63) is 0 Å². The summed E-state index contributed by atoms with van der Waals surface area (Å²) in [6.45, 7) is 1.75. The Morgan fingerprint density at radius 2 is 1.30 bits per heavy atom. The zero-order valence-corrected chi connectivity index (χ0v) is 14.5. The Bertz CT molecular complexity index is 354. The Kier molecular flexibility index (Phi) is 14.5. The van der Waals surface area contributed by atoms with E-state index in [9.17, 15) is 14.4 Å². The molecule has 0 aromatic rings. The highest BCUT2D eigenvalue weighted by Crippen LogP contribution is 2.01. The number of carboxylic acid groups (broad SMARTS) is 1. The highest BCUT2D eigenvalue weighted by molar-refractivity contribution is 7.80. The number of hydrogen-bond donors (Lipinski definition) is 5. The zero-order chi connectivity index (χ0) is 17.3. The van der Waals surface area contributed by atoms with Crippen molar-refractivity contribution in [3.63, 3.8) is 0 Å². The highest BCUT2D eigenvalue weighted by Gasteiger charge is 2.02. The van der Waals surface area contributed by atoms with Crippen molar-refractivity contribution in [1.82, 2.24) is 16.0 Å². The predicted molar refractivity (Wildman–Crippen MR) is 92.8 cm³/mol. The van der Waals surface area contributed by atoms with Crippen molar-refractivity contribution < 1.29 is 19.5 Å². The summed E-state index contributed by atoms with van der Waals surface area (Å²) in [7, 11) is 0. The number of rotatable bonds is 14. The third-order valence-corrected chi connectivity index (χ3v) is 3.38. The summed E-state index contributed by atoms with van der Waals surface area (Å²) < 4.78 is 0. The van der Waals surface area contributed by atoms with Gasteiger partial charge >= 0.3 is 12.0 Å². The molecule has 0 aromatic carbocycles. The molecular formula is C15H29N3O4S. The quantitative estimate of drug-likeness (QED) is 0.243. The fourth-order valence-electron chi connectivity index (χ4n) is 1.92. The van der Waals surface area contributed by atoms with Gasteiger partial charge in [-0.15, -0.1) is 0 Å². The third-order valence-electron chi connectivity index (χ3n) is 3.15. The lowest BCUT2D eigenvalue weighted by Crippen LogP contribution is -2.36. The van der Waals surface area contributed by atoms with E-state index in [1.807, 2.05) is 0 Å². The molecule has 0 atom stereocenters. The van der Waals surface area contributed by atoms with E-state index in [2.05, 4.69) is 28.6 Å². The van der Waals surface area contributed by atoms with Crippen LogP contribution in [0, 0.1) is 0 Å². The highest BCUT2D eigenvalue weighted by atomic mass is 32.1. The average molecular weight is 347 g/mol. The van der Waals surface area contributed by atoms with E-state index in [0.717, 1.165) is 32.1 Å². The van der Waals surface area contributed by atoms with Crippen LogP contribution >= 0.6 is 12.6 Å². The lowest BCUT2D eigenvalue weighted by Gasteiger charge is -2.07. The van der Waals surface area contributed by atoms with E-state index < -0.39 is 5.97 Å². The number of thiol groups is 1. The molecule has 134 valence electrons. The summed E-state index contributed by atoms with van der Waals surface area (Å²) in [4.78, 5) is 33.1. The molecule has 0 aliphatic rings. The van der Waals surface area contributed by atoms with Crippen LogP contribution < -0.4 is 16.0 Å². The first kappa shape index (κ1) is 21.6. The summed E-state index contributed by atoms with van der Waals surface area (Å²) in [6.07, 6.45) is 5.48. The number of amides is 3. The third kappa shape index (κ3) is 16.8. The smallest absolute Gasteiger partial charge is 0.314 e. The van der Waals surface area contributed by atoms with E-state index >= 15 is 0 Å². The molecule has 7 nitrogen and oxygen atoms in total. The molecule has 0 heterocycles. The summed E-state index contributed by atoms with van der Waals surface area (Å²) in [6, 6.07) is -0.181. The molecule has 0 saturated heterocycles. The lowest BCUT2D eigenvalue weighted by atomic mass is 10.1. The molecule has 3 amide bonds. The minimum absolute atomic E-state index is 0.0303. The van der Waals surface area contributed by atoms with Gasteiger partial charge < -0.3 is 21.1 Å². The molecular weight excluding hydrogens is 318 g/mol. The monoisotopic (exact) mass is 347 g/mol. The number of nitrogens with one attached hydrogen (secondary N) is 3. The Morgan fingerprint density at radius 1 is 0.739 bits per heavy atom. The molecule has 0 radical (unpaired) electrons. The second-order valence-electron chi connectivity index (χ2n) is 5.27. The largest absolute Gasteiger partial charge is 0.481 e. The van der Waals surface area contributed by atoms with Crippen LogP contribution in [0.1, 0.15) is 51.4 Å². The number of carboxylic acids is 1. The number of aliphatic carboxylic acids is 1. The van der Waals surface area contributed by atoms with Crippen molar-refractivity contribution in [2.75, 3.05) is 25.4 Å². The van der Waals surface area contributed by atoms with Crippen molar-refractivity contribution >= 4 is 30.5 Å². The zero-order valence-electron chi connectivity index (χ0n) is 13.6. The van der Waals surface area contributed by atoms with Crippen LogP contribution in [-0.2, 0) is 9.59 Å². The first-order valence-electron chi connectivity index (χ1n) is 8.17. The standard InChI is InChI=1S/C15H29N3O4S/c19-13(16-9-5-2-4-8-14(20)21)7-3-1-6-10-17-15(22)18-11-12-23/h23H,1-12H2,(H,16,19)(H,20,21)(H2,17,18,22). The minimum Gasteiger partial charge on any atom is -0.481 e. The average Bonchev–Trinajstić information content (AvgIpc) is 2.51. The number of hydrogen-bond acceptors (Lipinski definition) is 4. The molecule has 4 N–H and O–H groups in total. The molecule has 0 rings (SSSR count). The van der Waals surface area contributed by atoms with Gasteiger partial charge in [-0.25, -0.2) is 4.79 Å². The van der Waals surface area contributed by atoms with E-state index in [4.69, 9.17) is 5.11 Å². The van der Waals surface area contributed by atoms with E-state index in [0.29, 0.717) is 38.2 Å². The first-order chi connectivity index (χ1) is 11.1. The Balaban J connectivity index is 3.30. The Morgan fingerprint density at radius 3 is 1.91 bits per heavy atom. The van der Waals surface area contributed by atoms with Crippen molar-refractivity contribution in [2.24, 2.45) is 0 Å². The molecule has 0 saturated carbocycles. The van der Waals surface area contributed by atoms with E-state index in [1.165, 1.54) is 0 Å². The Labute approximate surface area is 143 Å². The molecule has 0 bridgehead atoms. The van der Waals surface area contributed by atoms with Gasteiger partial charge in [-0.1, -0.05) is 12.8 Å². The Hall–Kier alpha value is -1.44. The number of urea groups is 1. The van der Waals surface area contributed by atoms with Gasteiger partial charge in [0, 0.05) is 38.2 Å². The van der Waals surface area contributed by atoms with Crippen LogP contribution in [-0.4, -0.2) is 48.4 Å². The summed E-state index contributed by atoms with van der Waals surface area (Å²) >= 11 is 4.00. The molecule has 0 fully saturated rings. The van der Waals surface area contributed by atoms with Crippen molar-refractivity contribution in [3.8, 4) is 0 Å². The van der Waals surface area contributed by atoms with Gasteiger partial charge in [0.05, 0.1) is 0 Å². The van der Waals surface area contributed by atoms with Crippen molar-refractivity contribution in [1.29, 1.82) is 0 Å². The minimum atomic E-state index is -0.775. The topological polar surface area (TPSA) is 108 Å². The van der Waals surface area contributed by atoms with E-state index in [-0.39, 0.29) is 18.4 Å². The fourth-order valence-corrected chi connectivity index (χ4v) is 2.03. The van der Waals surface area contributed by atoms with Gasteiger partial charge in [0.25, 0.3) is 0 Å². The second-order valence-corrected chi connectivity index (χ2v) is 5.72. The predicted octanol–water partition coefficient (Wildman–Crippen LogP) is 1.54. The van der Waals surface area contributed by atoms with Gasteiger partial charge in [-0.3, -0.25) is 9.59 Å². The van der Waals surface area contributed by atoms with Gasteiger partial charge in [0.2, 0.25) is 5.91 Å². The van der Waals surface area contributed by atoms with E-state index in [1.54, 1.807) is 0 Å². The van der Waals surface area contributed by atoms with Crippen LogP contribution in [0.3, 0.4) is 0 Å². The van der Waals surface area contributed by atoms with Crippen LogP contribution in [0.25, 0.3) is 0 Å². The van der Waals surface area contributed by atoms with Crippen LogP contribution in [0.4, 0.5) is 4.79 Å². The second kappa shape index (κ2) is 15.5. The SMILES string of the molecule is O=C(O)CCCCCNC(=O)CCCCCNC(=O)NCCS. The lowest BCUT2D eigenvalue weighted by molar-refractivity contribution is -0.137. The van der Waals surface area contributed by atoms with Gasteiger partial charge in [0.1, 0.15) is 0 Å². The van der Waals surface area contributed by atoms with Crippen LogP contribution in [0.2, 0.25) is 0 Å². The maximum Gasteiger partial charge on any atom is 0.314 e. The summed E-state index contributed by atoms with van der Waals surface area (Å²) in [5.41, 5.74) is 0. The van der Waals surface area contributed by atoms with Crippen molar-refractivity contribution in [2.45, 2.75) is 51.4 Å². The van der Waals surface area contributed by atoms with Gasteiger partial charge in [0.15, 0.2) is 0 Å². The first-order valence-corrected chi connectivity index (χ1v) is 8.80. The summed E-state index contributed by atoms with van der Waals surface area (Å²) in [5, 5.41) is 16.7. The number of carbonyl (C=O) groups is 3. The normalized spacial score (nSPS) is 10.1. The molecule has 8 heteroatoms. The molecule has 0 unspecified atom stereocenters. The van der Waals surface area contributed by atoms with Crippen LogP contribution in [0.15, 0.2) is 0 Å². The number of carbonyl (C=O) groups excluding carboxylic acids is 2. The summed E-state index contributed by atoms with van der Waals surface area (Å²) in [5.74, 6) is -0.132.